The van der Waals surface area contributed by atoms with Crippen LogP contribution in [0.5, 0.6) is 5.75 Å². The number of hydrogen-bond donors (Lipinski definition) is 3. The lowest BCUT2D eigenvalue weighted by Gasteiger charge is -2.13. The molecular weight excluding hydrogens is 485 g/mol. The highest BCUT2D eigenvalue weighted by atomic mass is 35.5. The Morgan fingerprint density at radius 2 is 1.94 bits per heavy atom. The van der Waals surface area contributed by atoms with Crippen molar-refractivity contribution in [1.29, 1.82) is 0 Å². The highest BCUT2D eigenvalue weighted by Gasteiger charge is 2.23. The Bertz CT molecular complexity index is 1430. The zero-order valence-corrected chi connectivity index (χ0v) is 20.0. The van der Waals surface area contributed by atoms with Crippen molar-refractivity contribution in [3.63, 3.8) is 0 Å². The van der Waals surface area contributed by atoms with E-state index >= 15 is 0 Å². The van der Waals surface area contributed by atoms with E-state index in [0.29, 0.717) is 40.5 Å². The van der Waals surface area contributed by atoms with Crippen LogP contribution >= 0.6 is 11.6 Å². The molecule has 0 amide bonds. The number of ether oxygens (including phenoxy) is 2. The Hall–Kier alpha value is -3.95. The number of nitrogens with one attached hydrogen (secondary N) is 2. The predicted octanol–water partition coefficient (Wildman–Crippen LogP) is 5.29. The minimum absolute atomic E-state index is 0.198. The van der Waals surface area contributed by atoms with Gasteiger partial charge in [0.15, 0.2) is 0 Å². The second kappa shape index (κ2) is 10.3. The van der Waals surface area contributed by atoms with Crippen molar-refractivity contribution < 1.29 is 19.0 Å². The van der Waals surface area contributed by atoms with E-state index in [2.05, 4.69) is 25.6 Å². The van der Waals surface area contributed by atoms with Gasteiger partial charge in [0.2, 0.25) is 0 Å². The molecule has 0 bridgehead atoms. The van der Waals surface area contributed by atoms with E-state index in [4.69, 9.17) is 21.1 Å². The first-order chi connectivity index (χ1) is 17.4. The van der Waals surface area contributed by atoms with E-state index in [1.807, 2.05) is 24.3 Å². The van der Waals surface area contributed by atoms with Gasteiger partial charge in [-0.05, 0) is 61.0 Å². The van der Waals surface area contributed by atoms with Crippen LogP contribution in [0.2, 0.25) is 5.02 Å². The van der Waals surface area contributed by atoms with Crippen molar-refractivity contribution in [2.45, 2.75) is 25.7 Å². The smallest absolute Gasteiger partial charge is 0.289 e. The Balaban J connectivity index is 1.32. The van der Waals surface area contributed by atoms with Crippen LogP contribution in [0.4, 0.5) is 21.6 Å². The monoisotopic (exact) mass is 507 g/mol. The second-order valence-corrected chi connectivity index (χ2v) is 8.73. The van der Waals surface area contributed by atoms with Gasteiger partial charge in [0.25, 0.3) is 6.02 Å². The standard InChI is InChI=1S/C26H23ClFN5O3/c1-15(34)23-13-36-26(33-23)32-18-5-7-22-20(10-18)25(30-14-29-22)31-19-6-8-24(21(27)11-19)35-12-16-3-2-4-17(28)9-16/h2-11,14-15,23,34H,12-13H2,1H3,(H,32,33)(H,29,30,31). The van der Waals surface area contributed by atoms with Crippen LogP contribution in [0.25, 0.3) is 10.9 Å². The van der Waals surface area contributed by atoms with Gasteiger partial charge in [0, 0.05) is 16.8 Å². The molecule has 0 saturated carbocycles. The number of nitrogens with zero attached hydrogens (tertiary/aromatic N) is 3. The Labute approximate surface area is 211 Å². The van der Waals surface area contributed by atoms with Crippen LogP contribution in [0.1, 0.15) is 12.5 Å². The molecule has 2 unspecified atom stereocenters. The summed E-state index contributed by atoms with van der Waals surface area (Å²) in [6.07, 6.45) is 0.891. The number of anilines is 3. The molecule has 0 aliphatic carbocycles. The molecule has 5 rings (SSSR count). The largest absolute Gasteiger partial charge is 0.487 e. The fraction of sp³-hybridized carbons (Fsp3) is 0.192. The Morgan fingerprint density at radius 3 is 2.72 bits per heavy atom. The number of hydrogen-bond acceptors (Lipinski definition) is 8. The molecule has 4 aromatic rings. The van der Waals surface area contributed by atoms with E-state index in [1.165, 1.54) is 18.5 Å². The fourth-order valence-electron chi connectivity index (χ4n) is 3.68. The van der Waals surface area contributed by atoms with E-state index in [0.717, 1.165) is 16.6 Å². The maximum Gasteiger partial charge on any atom is 0.289 e. The van der Waals surface area contributed by atoms with Crippen molar-refractivity contribution in [3.05, 3.63) is 83.4 Å². The molecule has 0 fully saturated rings. The van der Waals surface area contributed by atoms with E-state index in [-0.39, 0.29) is 18.5 Å². The first-order valence-electron chi connectivity index (χ1n) is 11.3. The molecule has 0 spiro atoms. The quantitative estimate of drug-likeness (QED) is 0.312. The Morgan fingerprint density at radius 1 is 1.11 bits per heavy atom. The summed E-state index contributed by atoms with van der Waals surface area (Å²) < 4.78 is 24.7. The van der Waals surface area contributed by atoms with Crippen LogP contribution in [0.15, 0.2) is 72.0 Å². The summed E-state index contributed by atoms with van der Waals surface area (Å²) in [4.78, 5) is 13.1. The number of benzene rings is 3. The molecule has 3 aromatic carbocycles. The molecule has 0 radical (unpaired) electrons. The summed E-state index contributed by atoms with van der Waals surface area (Å²) in [5.74, 6) is 0.757. The third-order valence-electron chi connectivity index (χ3n) is 5.60. The van der Waals surface area contributed by atoms with Crippen LogP contribution < -0.4 is 15.4 Å². The summed E-state index contributed by atoms with van der Waals surface area (Å²) in [6, 6.07) is 17.2. The molecule has 184 valence electrons. The van der Waals surface area contributed by atoms with E-state index in [9.17, 15) is 9.50 Å². The number of aliphatic hydroxyl groups is 1. The number of aliphatic hydroxyl groups excluding tert-OH is 1. The highest BCUT2D eigenvalue weighted by molar-refractivity contribution is 6.32. The van der Waals surface area contributed by atoms with Crippen molar-refractivity contribution in [3.8, 4) is 5.75 Å². The third kappa shape index (κ3) is 5.48. The van der Waals surface area contributed by atoms with Gasteiger partial charge >= 0.3 is 0 Å². The molecule has 2 heterocycles. The van der Waals surface area contributed by atoms with Gasteiger partial charge in [-0.1, -0.05) is 23.7 Å². The number of aromatic nitrogens is 2. The predicted molar refractivity (Wildman–Crippen MR) is 137 cm³/mol. The lowest BCUT2D eigenvalue weighted by Crippen LogP contribution is -2.21. The van der Waals surface area contributed by atoms with Gasteiger partial charge in [-0.2, -0.15) is 0 Å². The van der Waals surface area contributed by atoms with Gasteiger partial charge in [-0.15, -0.1) is 0 Å². The normalized spacial score (nSPS) is 15.8. The average molecular weight is 508 g/mol. The minimum atomic E-state index is -0.588. The Kier molecular flexibility index (Phi) is 6.84. The number of aliphatic imine (C=N–C) groups is 1. The summed E-state index contributed by atoms with van der Waals surface area (Å²) >= 11 is 6.44. The summed E-state index contributed by atoms with van der Waals surface area (Å²) in [7, 11) is 0. The van der Waals surface area contributed by atoms with E-state index < -0.39 is 6.10 Å². The highest BCUT2D eigenvalue weighted by Crippen LogP contribution is 2.31. The fourth-order valence-corrected chi connectivity index (χ4v) is 3.92. The van der Waals surface area contributed by atoms with Gasteiger partial charge < -0.3 is 25.2 Å². The molecule has 36 heavy (non-hydrogen) atoms. The van der Waals surface area contributed by atoms with Crippen LogP contribution in [0, 0.1) is 5.82 Å². The molecule has 3 N–H and O–H groups in total. The average Bonchev–Trinajstić information content (AvgIpc) is 3.33. The zero-order chi connectivity index (χ0) is 25.1. The van der Waals surface area contributed by atoms with Gasteiger partial charge in [0.05, 0.1) is 16.6 Å². The van der Waals surface area contributed by atoms with Gasteiger partial charge in [0.1, 0.15) is 43.0 Å². The van der Waals surface area contributed by atoms with Crippen molar-refractivity contribution in [2.75, 3.05) is 17.2 Å². The summed E-state index contributed by atoms with van der Waals surface area (Å²) in [5, 5.41) is 17.3. The van der Waals surface area contributed by atoms with E-state index in [1.54, 1.807) is 31.2 Å². The number of rotatable bonds is 7. The first kappa shape index (κ1) is 23.8. The van der Waals surface area contributed by atoms with Crippen molar-refractivity contribution in [2.24, 2.45) is 4.99 Å². The lowest BCUT2D eigenvalue weighted by molar-refractivity contribution is 0.145. The SMILES string of the molecule is CC(O)C1COC(Nc2ccc3ncnc(Nc4ccc(OCc5cccc(F)c5)c(Cl)c4)c3c2)=N1. The molecule has 1 aromatic heterocycles. The third-order valence-corrected chi connectivity index (χ3v) is 5.89. The first-order valence-corrected chi connectivity index (χ1v) is 11.7. The van der Waals surface area contributed by atoms with Gasteiger partial charge in [-0.25, -0.2) is 19.4 Å². The zero-order valence-electron chi connectivity index (χ0n) is 19.3. The number of amidine groups is 1. The molecule has 0 saturated heterocycles. The molecular formula is C26H23ClFN5O3. The molecule has 2 atom stereocenters. The second-order valence-electron chi connectivity index (χ2n) is 8.32. The van der Waals surface area contributed by atoms with Crippen LogP contribution in [-0.4, -0.2) is 39.8 Å². The van der Waals surface area contributed by atoms with Crippen LogP contribution in [-0.2, 0) is 11.3 Å². The van der Waals surface area contributed by atoms with Crippen molar-refractivity contribution >= 4 is 45.7 Å². The maximum absolute atomic E-state index is 13.4. The molecule has 1 aliphatic heterocycles. The number of halogens is 2. The summed E-state index contributed by atoms with van der Waals surface area (Å²) in [6.45, 7) is 2.21. The molecule has 8 nitrogen and oxygen atoms in total. The topological polar surface area (TPSA) is 101 Å². The lowest BCUT2D eigenvalue weighted by atomic mass is 10.2. The van der Waals surface area contributed by atoms with Crippen molar-refractivity contribution in [1.82, 2.24) is 9.97 Å². The van der Waals surface area contributed by atoms with Gasteiger partial charge in [-0.3, -0.25) is 0 Å². The molecule has 1 aliphatic rings. The van der Waals surface area contributed by atoms with Crippen LogP contribution in [0.3, 0.4) is 0 Å². The number of fused-ring (bicyclic) bond motifs is 1. The molecule has 10 heteroatoms. The summed E-state index contributed by atoms with van der Waals surface area (Å²) in [5.41, 5.74) is 2.90. The maximum atomic E-state index is 13.4. The minimum Gasteiger partial charge on any atom is -0.487 e.